The van der Waals surface area contributed by atoms with E-state index in [1.54, 1.807) is 0 Å². The van der Waals surface area contributed by atoms with Crippen LogP contribution in [0.25, 0.3) is 0 Å². The van der Waals surface area contributed by atoms with Crippen LogP contribution in [0.3, 0.4) is 0 Å². The number of quaternary nitrogens is 2. The number of nitrogens with one attached hydrogen (secondary N) is 1. The average Bonchev–Trinajstić information content (AvgIpc) is 2.45. The molecule has 0 amide bonds. The molecule has 0 heterocycles. The molecule has 0 saturated heterocycles. The molecular weight excluding hydrogens is 282 g/mol. The molecule has 3 heteroatoms. The molecule has 0 radical (unpaired) electrons. The predicted molar refractivity (Wildman–Crippen MR) is 102 cm³/mol. The Balaban J connectivity index is 2.19. The van der Waals surface area contributed by atoms with Crippen molar-refractivity contribution in [2.24, 2.45) is 0 Å². The highest BCUT2D eigenvalue weighted by Crippen LogP contribution is 2.11. The quantitative estimate of drug-likeness (QED) is 0.488. The van der Waals surface area contributed by atoms with E-state index in [1.807, 2.05) is 0 Å². The Kier molecular flexibility index (Phi) is 8.24. The van der Waals surface area contributed by atoms with Crippen molar-refractivity contribution in [3.63, 3.8) is 0 Å². The van der Waals surface area contributed by atoms with Gasteiger partial charge in [0.25, 0.3) is 0 Å². The van der Waals surface area contributed by atoms with E-state index in [9.17, 15) is 0 Å². The van der Waals surface area contributed by atoms with Crippen LogP contribution in [0.15, 0.2) is 24.3 Å². The highest BCUT2D eigenvalue weighted by atomic mass is 15.3. The van der Waals surface area contributed by atoms with E-state index in [0.29, 0.717) is 0 Å². The van der Waals surface area contributed by atoms with Crippen molar-refractivity contribution in [2.75, 3.05) is 61.4 Å². The largest absolute Gasteiger partial charge is 0.331 e. The first-order valence-electron chi connectivity index (χ1n) is 9.13. The molecule has 0 aliphatic rings. The molecule has 0 aliphatic carbocycles. The fraction of sp³-hybridized carbons (Fsp3) is 0.700. The second-order valence-corrected chi connectivity index (χ2v) is 8.46. The minimum absolute atomic E-state index is 1.06. The van der Waals surface area contributed by atoms with Gasteiger partial charge in [0.1, 0.15) is 6.54 Å². The minimum atomic E-state index is 1.06. The Bertz CT molecular complexity index is 429. The lowest BCUT2D eigenvalue weighted by Gasteiger charge is -2.30. The molecule has 3 nitrogen and oxygen atoms in total. The van der Waals surface area contributed by atoms with E-state index in [1.165, 1.54) is 37.1 Å². The summed E-state index contributed by atoms with van der Waals surface area (Å²) in [6, 6.07) is 9.12. The maximum atomic E-state index is 3.59. The summed E-state index contributed by atoms with van der Waals surface area (Å²) >= 11 is 0. The third-order valence-corrected chi connectivity index (χ3v) is 4.34. The van der Waals surface area contributed by atoms with Gasteiger partial charge in [0.15, 0.2) is 0 Å². The van der Waals surface area contributed by atoms with E-state index in [4.69, 9.17) is 0 Å². The van der Waals surface area contributed by atoms with Crippen LogP contribution in [0.1, 0.15) is 30.9 Å². The first-order valence-corrected chi connectivity index (χ1v) is 9.13. The van der Waals surface area contributed by atoms with E-state index < -0.39 is 0 Å². The van der Waals surface area contributed by atoms with Crippen LogP contribution in [-0.4, -0.2) is 70.4 Å². The van der Waals surface area contributed by atoms with Crippen molar-refractivity contribution in [2.45, 2.75) is 32.7 Å². The highest BCUT2D eigenvalue weighted by Gasteiger charge is 2.15. The topological polar surface area (TPSA) is 12.0 Å². The third-order valence-electron chi connectivity index (χ3n) is 4.34. The molecule has 1 aromatic rings. The van der Waals surface area contributed by atoms with Gasteiger partial charge in [0, 0.05) is 31.5 Å². The predicted octanol–water partition coefficient (Wildman–Crippen LogP) is 2.90. The molecular formula is C20H39N3+2. The molecule has 132 valence electrons. The molecule has 0 atom stereocenters. The molecule has 1 aromatic carbocycles. The summed E-state index contributed by atoms with van der Waals surface area (Å²) in [6.07, 6.45) is 3.62. The summed E-state index contributed by atoms with van der Waals surface area (Å²) in [6.45, 7) is 8.06. The lowest BCUT2D eigenvalue weighted by molar-refractivity contribution is -0.903. The van der Waals surface area contributed by atoms with E-state index in [0.717, 1.165) is 35.0 Å². The normalized spacial score (nSPS) is 12.6. The van der Waals surface area contributed by atoms with Gasteiger partial charge in [0.2, 0.25) is 0 Å². The van der Waals surface area contributed by atoms with Crippen molar-refractivity contribution < 1.29 is 8.97 Å². The Morgan fingerprint density at radius 3 is 1.83 bits per heavy atom. The first-order chi connectivity index (χ1) is 10.7. The van der Waals surface area contributed by atoms with Crippen molar-refractivity contribution in [1.82, 2.24) is 5.32 Å². The van der Waals surface area contributed by atoms with Crippen LogP contribution in [0.2, 0.25) is 0 Å². The molecule has 1 N–H and O–H groups in total. The zero-order valence-electron chi connectivity index (χ0n) is 16.4. The van der Waals surface area contributed by atoms with Gasteiger partial charge >= 0.3 is 0 Å². The maximum absolute atomic E-state index is 3.59. The van der Waals surface area contributed by atoms with Gasteiger partial charge in [-0.15, -0.1) is 0 Å². The zero-order chi connectivity index (χ0) is 17.3. The van der Waals surface area contributed by atoms with Crippen molar-refractivity contribution in [1.29, 1.82) is 0 Å². The second-order valence-electron chi connectivity index (χ2n) is 8.46. The summed E-state index contributed by atoms with van der Waals surface area (Å²) in [5, 5.41) is 3.59. The smallest absolute Gasteiger partial charge is 0.104 e. The molecule has 0 spiro atoms. The van der Waals surface area contributed by atoms with E-state index >= 15 is 0 Å². The van der Waals surface area contributed by atoms with Crippen molar-refractivity contribution >= 4 is 0 Å². The maximum Gasteiger partial charge on any atom is 0.104 e. The van der Waals surface area contributed by atoms with Crippen LogP contribution < -0.4 is 5.32 Å². The summed E-state index contributed by atoms with van der Waals surface area (Å²) in [4.78, 5) is 0. The second kappa shape index (κ2) is 9.41. The molecule has 0 bridgehead atoms. The average molecular weight is 322 g/mol. The zero-order valence-corrected chi connectivity index (χ0v) is 16.4. The van der Waals surface area contributed by atoms with Gasteiger partial charge in [-0.2, -0.15) is 0 Å². The SMILES string of the molecule is CCc1ccc(C[N+](C)(C)CCCNCCC[N+](C)(C)C)cc1. The van der Waals surface area contributed by atoms with Crippen LogP contribution in [0.5, 0.6) is 0 Å². The van der Waals surface area contributed by atoms with E-state index in [-0.39, 0.29) is 0 Å². The number of hydrogen-bond acceptors (Lipinski definition) is 1. The van der Waals surface area contributed by atoms with Crippen molar-refractivity contribution in [3.8, 4) is 0 Å². The summed E-state index contributed by atoms with van der Waals surface area (Å²) in [5.41, 5.74) is 2.88. The van der Waals surface area contributed by atoms with Crippen LogP contribution in [0.4, 0.5) is 0 Å². The third kappa shape index (κ3) is 9.75. The molecule has 0 aromatic heterocycles. The Hall–Kier alpha value is -0.900. The Morgan fingerprint density at radius 1 is 0.783 bits per heavy atom. The summed E-state index contributed by atoms with van der Waals surface area (Å²) < 4.78 is 2.12. The fourth-order valence-corrected chi connectivity index (χ4v) is 2.89. The monoisotopic (exact) mass is 321 g/mol. The molecule has 0 unspecified atom stereocenters. The number of rotatable bonds is 11. The summed E-state index contributed by atoms with van der Waals surface area (Å²) in [5.74, 6) is 0. The van der Waals surface area contributed by atoms with Gasteiger partial charge in [-0.1, -0.05) is 31.2 Å². The minimum Gasteiger partial charge on any atom is -0.331 e. The van der Waals surface area contributed by atoms with Gasteiger partial charge in [0.05, 0.1) is 48.3 Å². The van der Waals surface area contributed by atoms with E-state index in [2.05, 4.69) is 71.7 Å². The number of aryl methyl sites for hydroxylation is 1. The molecule has 1 rings (SSSR count). The number of nitrogens with zero attached hydrogens (tertiary/aromatic N) is 2. The van der Waals surface area contributed by atoms with Crippen LogP contribution in [-0.2, 0) is 13.0 Å². The number of hydrogen-bond donors (Lipinski definition) is 1. The molecule has 0 aliphatic heterocycles. The van der Waals surface area contributed by atoms with Gasteiger partial charge in [-0.25, -0.2) is 0 Å². The van der Waals surface area contributed by atoms with Crippen LogP contribution in [0, 0.1) is 0 Å². The van der Waals surface area contributed by atoms with Crippen LogP contribution >= 0.6 is 0 Å². The van der Waals surface area contributed by atoms with Gasteiger partial charge in [-0.05, 0) is 12.0 Å². The lowest BCUT2D eigenvalue weighted by Crippen LogP contribution is -2.41. The number of benzene rings is 1. The highest BCUT2D eigenvalue weighted by molar-refractivity contribution is 5.21. The standard InChI is InChI=1S/C20H39N3/c1-7-19-10-12-20(13-11-19)18-23(5,6)17-9-15-21-14-8-16-22(2,3)4/h10-13,21H,7-9,14-18H2,1-6H3/q+2. The molecule has 23 heavy (non-hydrogen) atoms. The molecule has 0 saturated carbocycles. The van der Waals surface area contributed by atoms with Gasteiger partial charge in [-0.3, -0.25) is 0 Å². The van der Waals surface area contributed by atoms with Crippen molar-refractivity contribution in [3.05, 3.63) is 35.4 Å². The summed E-state index contributed by atoms with van der Waals surface area (Å²) in [7, 11) is 11.4. The fourth-order valence-electron chi connectivity index (χ4n) is 2.89. The Labute approximate surface area is 144 Å². The Morgan fingerprint density at radius 2 is 1.30 bits per heavy atom. The first kappa shape index (κ1) is 20.1. The molecule has 0 fully saturated rings. The van der Waals surface area contributed by atoms with Gasteiger partial charge < -0.3 is 14.3 Å². The lowest BCUT2D eigenvalue weighted by atomic mass is 10.1.